The molecule has 0 unspecified atom stereocenters. The quantitative estimate of drug-likeness (QED) is 0.572. The van der Waals surface area contributed by atoms with Gasteiger partial charge in [0.2, 0.25) is 11.9 Å². The molecule has 1 atom stereocenters. The van der Waals surface area contributed by atoms with Gasteiger partial charge in [0, 0.05) is 38.5 Å². The first-order valence-electron chi connectivity index (χ1n) is 10.9. The van der Waals surface area contributed by atoms with Gasteiger partial charge in [0.05, 0.1) is 24.5 Å². The second-order valence-electron chi connectivity index (χ2n) is 8.31. The minimum atomic E-state index is -0.293. The lowest BCUT2D eigenvalue weighted by molar-refractivity contribution is -0.133. The molecule has 0 spiro atoms. The van der Waals surface area contributed by atoms with Crippen LogP contribution in [-0.4, -0.2) is 58.3 Å². The third-order valence-electron chi connectivity index (χ3n) is 5.76. The van der Waals surface area contributed by atoms with Gasteiger partial charge >= 0.3 is 0 Å². The van der Waals surface area contributed by atoms with E-state index >= 15 is 0 Å². The number of anilines is 1. The predicted molar refractivity (Wildman–Crippen MR) is 125 cm³/mol. The van der Waals surface area contributed by atoms with Crippen molar-refractivity contribution in [2.24, 2.45) is 0 Å². The van der Waals surface area contributed by atoms with Crippen molar-refractivity contribution in [1.82, 2.24) is 24.6 Å². The number of carbonyl (C=O) groups is 1. The number of carbonyl (C=O) groups excluding carboxylic acids is 1. The maximum Gasteiger partial charge on any atom is 0.267 e. The van der Waals surface area contributed by atoms with Crippen molar-refractivity contribution in [3.8, 4) is 16.9 Å². The van der Waals surface area contributed by atoms with Crippen LogP contribution in [0.2, 0.25) is 0 Å². The van der Waals surface area contributed by atoms with Gasteiger partial charge in [0.15, 0.2) is 0 Å². The molecule has 9 heteroatoms. The Bertz CT molecular complexity index is 1220. The fourth-order valence-corrected chi connectivity index (χ4v) is 4.10. The second-order valence-corrected chi connectivity index (χ2v) is 8.31. The van der Waals surface area contributed by atoms with Crippen LogP contribution < -0.4 is 15.2 Å². The topological polar surface area (TPSA) is 93.4 Å². The normalized spacial score (nSPS) is 15.5. The molecule has 0 N–H and O–H groups in total. The smallest absolute Gasteiger partial charge is 0.267 e. The Kier molecular flexibility index (Phi) is 6.39. The Hall–Kier alpha value is -3.75. The number of benzene rings is 1. The highest BCUT2D eigenvalue weighted by Crippen LogP contribution is 2.38. The van der Waals surface area contributed by atoms with Gasteiger partial charge in [-0.25, -0.2) is 14.6 Å². The summed E-state index contributed by atoms with van der Waals surface area (Å²) in [4.78, 5) is 38.5. The molecule has 2 aromatic heterocycles. The van der Waals surface area contributed by atoms with Gasteiger partial charge < -0.3 is 14.5 Å². The fourth-order valence-electron chi connectivity index (χ4n) is 4.10. The molecule has 1 amide bonds. The molecule has 172 valence electrons. The zero-order valence-electron chi connectivity index (χ0n) is 19.4. The fraction of sp³-hybridized carbons (Fsp3) is 0.375. The van der Waals surface area contributed by atoms with Crippen LogP contribution in [0.1, 0.15) is 30.3 Å². The summed E-state index contributed by atoms with van der Waals surface area (Å²) in [6, 6.07) is 10.6. The highest BCUT2D eigenvalue weighted by atomic mass is 16.5. The molecule has 0 saturated carbocycles. The SMILES string of the molecule is COc1cccc(-c2cnc(N(C)C)nc2[C@H]2CCCN2C(=O)Cn2nc(C)ccc2=O)c1. The minimum Gasteiger partial charge on any atom is -0.497 e. The molecule has 0 aliphatic carbocycles. The Balaban J connectivity index is 1.72. The lowest BCUT2D eigenvalue weighted by Gasteiger charge is -2.27. The summed E-state index contributed by atoms with van der Waals surface area (Å²) in [5.41, 5.74) is 2.96. The van der Waals surface area contributed by atoms with Crippen molar-refractivity contribution in [2.45, 2.75) is 32.4 Å². The van der Waals surface area contributed by atoms with Gasteiger partial charge in [0.25, 0.3) is 5.56 Å². The summed E-state index contributed by atoms with van der Waals surface area (Å²) in [7, 11) is 5.40. The zero-order chi connectivity index (χ0) is 23.5. The predicted octanol–water partition coefficient (Wildman–Crippen LogP) is 2.45. The van der Waals surface area contributed by atoms with E-state index in [0.717, 1.165) is 35.4 Å². The molecule has 1 saturated heterocycles. The molecule has 3 aromatic rings. The summed E-state index contributed by atoms with van der Waals surface area (Å²) in [6.45, 7) is 2.29. The van der Waals surface area contributed by atoms with Gasteiger partial charge in [-0.2, -0.15) is 5.10 Å². The van der Waals surface area contributed by atoms with E-state index in [1.54, 1.807) is 26.3 Å². The molecule has 9 nitrogen and oxygen atoms in total. The van der Waals surface area contributed by atoms with Crippen LogP contribution in [0.5, 0.6) is 5.75 Å². The van der Waals surface area contributed by atoms with E-state index in [-0.39, 0.29) is 24.1 Å². The van der Waals surface area contributed by atoms with Crippen LogP contribution in [0.3, 0.4) is 0 Å². The Labute approximate surface area is 192 Å². The number of hydrogen-bond acceptors (Lipinski definition) is 7. The number of aromatic nitrogens is 4. The Morgan fingerprint density at radius 1 is 1.24 bits per heavy atom. The first-order chi connectivity index (χ1) is 15.9. The van der Waals surface area contributed by atoms with E-state index in [2.05, 4.69) is 10.1 Å². The number of nitrogens with zero attached hydrogens (tertiary/aromatic N) is 6. The van der Waals surface area contributed by atoms with Crippen molar-refractivity contribution >= 4 is 11.9 Å². The largest absolute Gasteiger partial charge is 0.497 e. The highest BCUT2D eigenvalue weighted by Gasteiger charge is 2.33. The van der Waals surface area contributed by atoms with Gasteiger partial charge in [-0.1, -0.05) is 12.1 Å². The Morgan fingerprint density at radius 2 is 2.06 bits per heavy atom. The monoisotopic (exact) mass is 448 g/mol. The molecule has 1 fully saturated rings. The molecule has 33 heavy (non-hydrogen) atoms. The molecule has 1 aromatic carbocycles. The van der Waals surface area contributed by atoms with E-state index < -0.39 is 0 Å². The standard InChI is InChI=1S/C24H28N6O3/c1-16-10-11-21(31)30(27-16)15-22(32)29-12-6-9-20(29)23-19(14-25-24(26-23)28(2)3)17-7-5-8-18(13-17)33-4/h5,7-8,10-11,13-14,20H,6,9,12,15H2,1-4H3/t20-/m1/s1. The van der Waals surface area contributed by atoms with Crippen molar-refractivity contribution in [2.75, 3.05) is 32.6 Å². The van der Waals surface area contributed by atoms with Crippen LogP contribution in [0, 0.1) is 6.92 Å². The third-order valence-corrected chi connectivity index (χ3v) is 5.76. The van der Waals surface area contributed by atoms with Crippen molar-refractivity contribution in [3.63, 3.8) is 0 Å². The summed E-state index contributed by atoms with van der Waals surface area (Å²) >= 11 is 0. The van der Waals surface area contributed by atoms with Gasteiger partial charge in [-0.15, -0.1) is 0 Å². The maximum atomic E-state index is 13.3. The van der Waals surface area contributed by atoms with Crippen LogP contribution in [0.4, 0.5) is 5.95 Å². The molecular weight excluding hydrogens is 420 g/mol. The number of likely N-dealkylation sites (tertiary alicyclic amines) is 1. The van der Waals surface area contributed by atoms with E-state index in [9.17, 15) is 9.59 Å². The number of ether oxygens (including phenoxy) is 1. The maximum absolute atomic E-state index is 13.3. The van der Waals surface area contributed by atoms with E-state index in [4.69, 9.17) is 9.72 Å². The number of aryl methyl sites for hydroxylation is 1. The van der Waals surface area contributed by atoms with Gasteiger partial charge in [-0.3, -0.25) is 9.59 Å². The average molecular weight is 449 g/mol. The number of rotatable bonds is 6. The van der Waals surface area contributed by atoms with Crippen LogP contribution in [0.25, 0.3) is 11.1 Å². The average Bonchev–Trinajstić information content (AvgIpc) is 3.31. The van der Waals surface area contributed by atoms with E-state index in [1.165, 1.54) is 10.7 Å². The molecular formula is C24H28N6O3. The van der Waals surface area contributed by atoms with E-state index in [0.29, 0.717) is 18.2 Å². The Morgan fingerprint density at radius 3 is 2.82 bits per heavy atom. The van der Waals surface area contributed by atoms with Gasteiger partial charge in [0.1, 0.15) is 12.3 Å². The molecule has 4 rings (SSSR count). The van der Waals surface area contributed by atoms with Crippen molar-refractivity contribution in [3.05, 3.63) is 64.3 Å². The first-order valence-corrected chi connectivity index (χ1v) is 10.9. The van der Waals surface area contributed by atoms with Crippen LogP contribution in [-0.2, 0) is 11.3 Å². The zero-order valence-corrected chi connectivity index (χ0v) is 19.4. The summed E-state index contributed by atoms with van der Waals surface area (Å²) in [6.07, 6.45) is 3.44. The molecule has 1 aliphatic heterocycles. The minimum absolute atomic E-state index is 0.100. The number of methoxy groups -OCH3 is 1. The van der Waals surface area contributed by atoms with Crippen molar-refractivity contribution < 1.29 is 9.53 Å². The molecule has 3 heterocycles. The summed E-state index contributed by atoms with van der Waals surface area (Å²) < 4.78 is 6.62. The first kappa shape index (κ1) is 22.4. The molecule has 0 bridgehead atoms. The molecule has 1 aliphatic rings. The second kappa shape index (κ2) is 9.40. The summed E-state index contributed by atoms with van der Waals surface area (Å²) in [5, 5.41) is 4.21. The third kappa shape index (κ3) is 4.72. The summed E-state index contributed by atoms with van der Waals surface area (Å²) in [5.74, 6) is 1.16. The number of hydrogen-bond donors (Lipinski definition) is 0. The van der Waals surface area contributed by atoms with Crippen LogP contribution >= 0.6 is 0 Å². The number of amides is 1. The van der Waals surface area contributed by atoms with E-state index in [1.807, 2.05) is 48.2 Å². The molecule has 0 radical (unpaired) electrons. The van der Waals surface area contributed by atoms with Gasteiger partial charge in [-0.05, 0) is 43.5 Å². The lowest BCUT2D eigenvalue weighted by Crippen LogP contribution is -2.37. The lowest BCUT2D eigenvalue weighted by atomic mass is 9.99. The highest BCUT2D eigenvalue weighted by molar-refractivity contribution is 5.77. The van der Waals surface area contributed by atoms with Crippen LogP contribution in [0.15, 0.2) is 47.4 Å². The van der Waals surface area contributed by atoms with Crippen molar-refractivity contribution in [1.29, 1.82) is 0 Å².